The van der Waals surface area contributed by atoms with Crippen molar-refractivity contribution < 1.29 is 9.13 Å². The van der Waals surface area contributed by atoms with Gasteiger partial charge in [-0.1, -0.05) is 0 Å². The Morgan fingerprint density at radius 3 is 3.33 bits per heavy atom. The van der Waals surface area contributed by atoms with Gasteiger partial charge in [0.2, 0.25) is 0 Å². The van der Waals surface area contributed by atoms with Crippen molar-refractivity contribution in [1.29, 1.82) is 5.41 Å². The van der Waals surface area contributed by atoms with E-state index in [1.807, 2.05) is 0 Å². The maximum atomic E-state index is 12.7. The molecule has 12 heavy (non-hydrogen) atoms. The van der Waals surface area contributed by atoms with Crippen molar-refractivity contribution in [2.24, 2.45) is 4.99 Å². The molecule has 2 aliphatic rings. The second-order valence-electron chi connectivity index (χ2n) is 2.88. The molecule has 3 nitrogen and oxygen atoms in total. The first-order valence-corrected chi connectivity index (χ1v) is 3.89. The van der Waals surface area contributed by atoms with Gasteiger partial charge in [-0.25, -0.2) is 4.39 Å². The summed E-state index contributed by atoms with van der Waals surface area (Å²) < 4.78 is 18.0. The van der Waals surface area contributed by atoms with Gasteiger partial charge in [-0.3, -0.25) is 4.99 Å². The summed E-state index contributed by atoms with van der Waals surface area (Å²) in [6.45, 7) is 0.510. The number of hydrogen-bond acceptors (Lipinski definition) is 3. The van der Waals surface area contributed by atoms with Gasteiger partial charge >= 0.3 is 0 Å². The van der Waals surface area contributed by atoms with E-state index in [4.69, 9.17) is 10.1 Å². The van der Waals surface area contributed by atoms with Crippen LogP contribution in [0.25, 0.3) is 0 Å². The molecule has 0 bridgehead atoms. The van der Waals surface area contributed by atoms with Crippen LogP contribution in [-0.4, -0.2) is 24.1 Å². The van der Waals surface area contributed by atoms with Crippen LogP contribution in [0.3, 0.4) is 0 Å². The summed E-state index contributed by atoms with van der Waals surface area (Å²) in [7, 11) is 0. The molecule has 1 N–H and O–H groups in total. The lowest BCUT2D eigenvalue weighted by molar-refractivity contribution is 0.0937. The molecule has 2 aliphatic heterocycles. The molecule has 1 atom stereocenters. The summed E-state index contributed by atoms with van der Waals surface area (Å²) in [5, 5.41) is 7.52. The largest absolute Gasteiger partial charge is 0.371 e. The van der Waals surface area contributed by atoms with E-state index >= 15 is 0 Å². The van der Waals surface area contributed by atoms with Gasteiger partial charge in [0.05, 0.1) is 24.2 Å². The maximum absolute atomic E-state index is 12.7. The lowest BCUT2D eigenvalue weighted by Gasteiger charge is -2.26. The van der Waals surface area contributed by atoms with Gasteiger partial charge in [-0.2, -0.15) is 0 Å². The minimum absolute atomic E-state index is 0.237. The fourth-order valence-electron chi connectivity index (χ4n) is 1.39. The summed E-state index contributed by atoms with van der Waals surface area (Å²) in [6.07, 6.45) is 1.69. The molecule has 2 heterocycles. The van der Waals surface area contributed by atoms with Crippen molar-refractivity contribution in [1.82, 2.24) is 0 Å². The summed E-state index contributed by atoms with van der Waals surface area (Å²) in [6, 6.07) is 0. The Morgan fingerprint density at radius 2 is 2.50 bits per heavy atom. The van der Waals surface area contributed by atoms with E-state index in [1.54, 1.807) is 0 Å². The van der Waals surface area contributed by atoms with Crippen LogP contribution in [0.5, 0.6) is 0 Å². The van der Waals surface area contributed by atoms with E-state index in [9.17, 15) is 4.39 Å². The third kappa shape index (κ3) is 1.18. The van der Waals surface area contributed by atoms with Gasteiger partial charge in [0.25, 0.3) is 0 Å². The van der Waals surface area contributed by atoms with Crippen LogP contribution < -0.4 is 0 Å². The second kappa shape index (κ2) is 2.79. The van der Waals surface area contributed by atoms with Gasteiger partial charge in [-0.05, 0) is 0 Å². The number of hydrogen-bond donors (Lipinski definition) is 1. The number of nitrogens with one attached hydrogen (secondary N) is 1. The molecule has 2 rings (SSSR count). The molecular weight excluding hydrogens is 159 g/mol. The van der Waals surface area contributed by atoms with Crippen molar-refractivity contribution in [2.45, 2.75) is 18.9 Å². The monoisotopic (exact) mass is 168 g/mol. The third-order valence-corrected chi connectivity index (χ3v) is 2.01. The summed E-state index contributed by atoms with van der Waals surface area (Å²) in [5.41, 5.74) is 1.08. The number of nitrogens with zero attached hydrogens (tertiary/aromatic N) is 1. The quantitative estimate of drug-likeness (QED) is 0.584. The van der Waals surface area contributed by atoms with Crippen LogP contribution in [0.2, 0.25) is 0 Å². The molecule has 64 valence electrons. The van der Waals surface area contributed by atoms with Crippen LogP contribution in [0.15, 0.2) is 17.0 Å². The topological polar surface area (TPSA) is 45.4 Å². The molecule has 0 aliphatic carbocycles. The fourth-order valence-corrected chi connectivity index (χ4v) is 1.39. The molecule has 4 heteroatoms. The van der Waals surface area contributed by atoms with Crippen LogP contribution in [-0.2, 0) is 4.74 Å². The molecule has 0 aromatic heterocycles. The average molecular weight is 168 g/mol. The number of ether oxygens (including phenoxy) is 1. The Hall–Kier alpha value is -1.03. The second-order valence-corrected chi connectivity index (χ2v) is 2.88. The lowest BCUT2D eigenvalue weighted by atomic mass is 9.99. The number of fused-ring (bicyclic) bond motifs is 1. The van der Waals surface area contributed by atoms with Crippen LogP contribution >= 0.6 is 0 Å². The molecule has 1 fully saturated rings. The predicted octanol–water partition coefficient (Wildman–Crippen LogP) is 1.45. The van der Waals surface area contributed by atoms with Crippen LogP contribution in [0.1, 0.15) is 12.8 Å². The number of aliphatic imine (C=N–C) groups is 1. The fraction of sp³-hybridized carbons (Fsp3) is 0.500. The minimum atomic E-state index is -0.309. The normalized spacial score (nSPS) is 29.1. The molecule has 0 spiro atoms. The smallest absolute Gasteiger partial charge is 0.121 e. The molecule has 0 amide bonds. The molecule has 0 aromatic carbocycles. The van der Waals surface area contributed by atoms with Crippen LogP contribution in [0, 0.1) is 5.41 Å². The van der Waals surface area contributed by atoms with Gasteiger partial charge in [0.15, 0.2) is 0 Å². The summed E-state index contributed by atoms with van der Waals surface area (Å²) in [4.78, 5) is 3.84. The van der Waals surface area contributed by atoms with Gasteiger partial charge in [0.1, 0.15) is 11.9 Å². The standard InChI is InChI=1S/C8H9FN2O/c9-5-3-7-8(11-4-5)6(10)1-2-12-7/h4,7,10H,1-3H2. The predicted molar refractivity (Wildman–Crippen MR) is 43.3 cm³/mol. The van der Waals surface area contributed by atoms with Crippen molar-refractivity contribution in [3.05, 3.63) is 12.0 Å². The minimum Gasteiger partial charge on any atom is -0.371 e. The highest BCUT2D eigenvalue weighted by Gasteiger charge is 2.28. The Balaban J connectivity index is 2.28. The molecule has 1 unspecified atom stereocenters. The van der Waals surface area contributed by atoms with E-state index in [2.05, 4.69) is 4.99 Å². The van der Waals surface area contributed by atoms with E-state index < -0.39 is 0 Å². The summed E-state index contributed by atoms with van der Waals surface area (Å²) in [5.74, 6) is -0.265. The van der Waals surface area contributed by atoms with E-state index in [-0.39, 0.29) is 18.4 Å². The Morgan fingerprint density at radius 1 is 1.67 bits per heavy atom. The van der Waals surface area contributed by atoms with Crippen molar-refractivity contribution in [3.63, 3.8) is 0 Å². The van der Waals surface area contributed by atoms with E-state index in [0.717, 1.165) is 0 Å². The zero-order valence-corrected chi connectivity index (χ0v) is 6.51. The SMILES string of the molecule is N=C1CCOC2CC(F)=CN=C12. The van der Waals surface area contributed by atoms with E-state index in [1.165, 1.54) is 6.20 Å². The molecule has 0 radical (unpaired) electrons. The maximum Gasteiger partial charge on any atom is 0.121 e. The number of rotatable bonds is 0. The third-order valence-electron chi connectivity index (χ3n) is 2.01. The molecule has 1 saturated heterocycles. The number of halogens is 1. The highest BCUT2D eigenvalue weighted by atomic mass is 19.1. The lowest BCUT2D eigenvalue weighted by Crippen LogP contribution is -2.38. The molecular formula is C8H9FN2O. The first-order chi connectivity index (χ1) is 5.77. The van der Waals surface area contributed by atoms with Crippen molar-refractivity contribution in [2.75, 3.05) is 6.61 Å². The van der Waals surface area contributed by atoms with Gasteiger partial charge in [-0.15, -0.1) is 0 Å². The zero-order valence-electron chi connectivity index (χ0n) is 6.51. The van der Waals surface area contributed by atoms with Gasteiger partial charge < -0.3 is 10.1 Å². The highest BCUT2D eigenvalue weighted by molar-refractivity contribution is 6.43. The van der Waals surface area contributed by atoms with Gasteiger partial charge in [0, 0.05) is 12.8 Å². The first-order valence-electron chi connectivity index (χ1n) is 3.89. The van der Waals surface area contributed by atoms with Crippen LogP contribution in [0.4, 0.5) is 4.39 Å². The summed E-state index contributed by atoms with van der Waals surface area (Å²) >= 11 is 0. The van der Waals surface area contributed by atoms with Crippen molar-refractivity contribution in [3.8, 4) is 0 Å². The highest BCUT2D eigenvalue weighted by Crippen LogP contribution is 2.21. The zero-order chi connectivity index (χ0) is 8.55. The first kappa shape index (κ1) is 7.61. The van der Waals surface area contributed by atoms with E-state index in [0.29, 0.717) is 24.5 Å². The Labute approximate surface area is 69.5 Å². The van der Waals surface area contributed by atoms with Crippen molar-refractivity contribution >= 4 is 11.4 Å². The Kier molecular flexibility index (Phi) is 1.77. The molecule has 0 saturated carbocycles. The average Bonchev–Trinajstić information content (AvgIpc) is 2.04. The molecule has 0 aromatic rings. The Bertz CT molecular complexity index is 283.